The summed E-state index contributed by atoms with van der Waals surface area (Å²) in [7, 11) is 0. The molecule has 2 fully saturated rings. The van der Waals surface area contributed by atoms with Crippen LogP contribution in [0.3, 0.4) is 0 Å². The van der Waals surface area contributed by atoms with Crippen LogP contribution >= 0.6 is 0 Å². The molecule has 2 aromatic carbocycles. The Hall–Kier alpha value is -3.49. The van der Waals surface area contributed by atoms with Gasteiger partial charge in [0.15, 0.2) is 0 Å². The molecule has 0 spiro atoms. The van der Waals surface area contributed by atoms with Gasteiger partial charge >= 0.3 is 12.1 Å². The number of carbonyl (C=O) groups is 3. The smallest absolute Gasteiger partial charge is 0.407 e. The van der Waals surface area contributed by atoms with Crippen LogP contribution < -0.4 is 5.32 Å². The first-order valence-electron chi connectivity index (χ1n) is 11.3. The topological polar surface area (TPSA) is 95.9 Å². The average Bonchev–Trinajstić information content (AvgIpc) is 3.17. The van der Waals surface area contributed by atoms with Crippen molar-refractivity contribution in [1.82, 2.24) is 10.2 Å². The van der Waals surface area contributed by atoms with Gasteiger partial charge in [0, 0.05) is 19.0 Å². The fourth-order valence-corrected chi connectivity index (χ4v) is 5.29. The standard InChI is InChI=1S/C25H24F2N2O5/c26-25(27)19(21(25)22(30)29-11-5-10-20(29)23(31)32)12-28-24(33)34-13-18-16-8-3-1-6-14(16)15-7-2-4-9-17(15)18/h1-4,6-9,18-21H,5,10-13H2,(H,28,33)(H,31,32)/t19?,20-,21?/m0/s1. The Bertz CT molecular complexity index is 1110. The van der Waals surface area contributed by atoms with Gasteiger partial charge in [0.1, 0.15) is 18.6 Å². The van der Waals surface area contributed by atoms with Crippen molar-refractivity contribution in [3.05, 3.63) is 59.7 Å². The van der Waals surface area contributed by atoms with E-state index in [4.69, 9.17) is 4.74 Å². The van der Waals surface area contributed by atoms with Crippen LogP contribution in [0.4, 0.5) is 13.6 Å². The number of hydrogen-bond acceptors (Lipinski definition) is 4. The number of halogens is 2. The summed E-state index contributed by atoms with van der Waals surface area (Å²) in [5, 5.41) is 11.6. The SMILES string of the molecule is O=C(NCC1C(C(=O)N2CCC[C@H]2C(=O)O)C1(F)F)OCC1c2ccccc2-c2ccccc21. The number of carbonyl (C=O) groups excluding carboxylic acids is 2. The maximum Gasteiger partial charge on any atom is 0.407 e. The molecule has 0 aromatic heterocycles. The normalized spacial score (nSPS) is 24.3. The number of nitrogens with zero attached hydrogens (tertiary/aromatic N) is 1. The van der Waals surface area contributed by atoms with Crippen molar-refractivity contribution in [1.29, 1.82) is 0 Å². The number of rotatable bonds is 6. The summed E-state index contributed by atoms with van der Waals surface area (Å²) in [6, 6.07) is 14.6. The Balaban J connectivity index is 1.17. The van der Waals surface area contributed by atoms with Gasteiger partial charge in [-0.1, -0.05) is 48.5 Å². The van der Waals surface area contributed by atoms with Crippen molar-refractivity contribution < 1.29 is 33.0 Å². The van der Waals surface area contributed by atoms with E-state index in [-0.39, 0.29) is 25.5 Å². The summed E-state index contributed by atoms with van der Waals surface area (Å²) in [6.45, 7) is -0.224. The van der Waals surface area contributed by atoms with Crippen molar-refractivity contribution >= 4 is 18.0 Å². The molecule has 178 valence electrons. The van der Waals surface area contributed by atoms with Crippen LogP contribution in [-0.2, 0) is 14.3 Å². The lowest BCUT2D eigenvalue weighted by molar-refractivity contribution is -0.149. The Morgan fingerprint density at radius 1 is 1.06 bits per heavy atom. The fourth-order valence-electron chi connectivity index (χ4n) is 5.29. The van der Waals surface area contributed by atoms with Gasteiger partial charge in [-0.15, -0.1) is 0 Å². The maximum atomic E-state index is 14.3. The molecule has 2 aliphatic carbocycles. The first kappa shape index (κ1) is 22.3. The fraction of sp³-hybridized carbons (Fsp3) is 0.400. The van der Waals surface area contributed by atoms with E-state index in [1.165, 1.54) is 0 Å². The molecule has 34 heavy (non-hydrogen) atoms. The molecular weight excluding hydrogens is 446 g/mol. The third-order valence-electron chi connectivity index (χ3n) is 7.10. The summed E-state index contributed by atoms with van der Waals surface area (Å²) in [4.78, 5) is 37.2. The first-order valence-corrected chi connectivity index (χ1v) is 11.3. The molecule has 2 amide bonds. The lowest BCUT2D eigenvalue weighted by Gasteiger charge is -2.21. The minimum absolute atomic E-state index is 0.0529. The molecule has 3 aliphatic rings. The Labute approximate surface area is 194 Å². The zero-order chi connectivity index (χ0) is 24.0. The number of hydrogen-bond donors (Lipinski definition) is 2. The van der Waals surface area contributed by atoms with E-state index in [1.807, 2.05) is 48.5 Å². The van der Waals surface area contributed by atoms with Crippen molar-refractivity contribution in [2.45, 2.75) is 30.7 Å². The summed E-state index contributed by atoms with van der Waals surface area (Å²) in [5.41, 5.74) is 4.23. The lowest BCUT2D eigenvalue weighted by Crippen LogP contribution is -2.42. The molecule has 0 radical (unpaired) electrons. The number of fused-ring (bicyclic) bond motifs is 3. The number of carboxylic acids is 1. The van der Waals surface area contributed by atoms with Crippen LogP contribution in [0.15, 0.2) is 48.5 Å². The van der Waals surface area contributed by atoms with Gasteiger partial charge in [0.25, 0.3) is 5.92 Å². The van der Waals surface area contributed by atoms with E-state index in [0.29, 0.717) is 6.42 Å². The largest absolute Gasteiger partial charge is 0.480 e. The van der Waals surface area contributed by atoms with Crippen LogP contribution in [0.2, 0.25) is 0 Å². The van der Waals surface area contributed by atoms with Crippen LogP contribution in [0.5, 0.6) is 0 Å². The van der Waals surface area contributed by atoms with E-state index in [0.717, 1.165) is 27.2 Å². The van der Waals surface area contributed by atoms with Gasteiger partial charge in [-0.05, 0) is 35.1 Å². The number of alkyl carbamates (subject to hydrolysis) is 1. The minimum Gasteiger partial charge on any atom is -0.480 e. The molecule has 5 rings (SSSR count). The zero-order valence-electron chi connectivity index (χ0n) is 18.2. The molecule has 1 aliphatic heterocycles. The molecule has 0 bridgehead atoms. The second kappa shape index (κ2) is 8.38. The highest BCUT2D eigenvalue weighted by atomic mass is 19.3. The van der Waals surface area contributed by atoms with Gasteiger partial charge in [0.2, 0.25) is 5.91 Å². The van der Waals surface area contributed by atoms with Crippen LogP contribution in [-0.4, -0.2) is 59.6 Å². The van der Waals surface area contributed by atoms with Crippen molar-refractivity contribution in [3.63, 3.8) is 0 Å². The van der Waals surface area contributed by atoms with Gasteiger partial charge in [-0.2, -0.15) is 0 Å². The highest BCUT2D eigenvalue weighted by molar-refractivity contribution is 5.89. The van der Waals surface area contributed by atoms with Crippen LogP contribution in [0.1, 0.15) is 29.9 Å². The van der Waals surface area contributed by atoms with Crippen LogP contribution in [0.25, 0.3) is 11.1 Å². The quantitative estimate of drug-likeness (QED) is 0.674. The number of ether oxygens (including phenoxy) is 1. The summed E-state index contributed by atoms with van der Waals surface area (Å²) >= 11 is 0. The van der Waals surface area contributed by atoms with Crippen molar-refractivity contribution in [3.8, 4) is 11.1 Å². The molecular formula is C25H24F2N2O5. The molecule has 3 atom stereocenters. The summed E-state index contributed by atoms with van der Waals surface area (Å²) in [6.07, 6.45) is -0.119. The van der Waals surface area contributed by atoms with E-state index < -0.39 is 48.3 Å². The summed E-state index contributed by atoms with van der Waals surface area (Å²) < 4.78 is 34.0. The number of aliphatic carboxylic acids is 1. The minimum atomic E-state index is -3.29. The van der Waals surface area contributed by atoms with Crippen molar-refractivity contribution in [2.75, 3.05) is 19.7 Å². The highest BCUT2D eigenvalue weighted by Crippen LogP contribution is 2.56. The zero-order valence-corrected chi connectivity index (χ0v) is 18.2. The van der Waals surface area contributed by atoms with Crippen LogP contribution in [0, 0.1) is 11.8 Å². The number of nitrogens with one attached hydrogen (secondary N) is 1. The molecule has 2 unspecified atom stereocenters. The molecule has 2 N–H and O–H groups in total. The number of alkyl halides is 2. The van der Waals surface area contributed by atoms with Crippen molar-refractivity contribution in [2.24, 2.45) is 11.8 Å². The molecule has 9 heteroatoms. The van der Waals surface area contributed by atoms with Gasteiger partial charge in [-0.3, -0.25) is 4.79 Å². The van der Waals surface area contributed by atoms with E-state index in [9.17, 15) is 28.3 Å². The monoisotopic (exact) mass is 470 g/mol. The predicted molar refractivity (Wildman–Crippen MR) is 117 cm³/mol. The van der Waals surface area contributed by atoms with Gasteiger partial charge < -0.3 is 20.1 Å². The Kier molecular flexibility index (Phi) is 5.50. The number of amides is 2. The molecule has 7 nitrogen and oxygen atoms in total. The van der Waals surface area contributed by atoms with E-state index in [2.05, 4.69) is 5.32 Å². The molecule has 1 heterocycles. The molecule has 1 saturated carbocycles. The second-order valence-corrected chi connectivity index (χ2v) is 8.99. The third-order valence-corrected chi connectivity index (χ3v) is 7.10. The van der Waals surface area contributed by atoms with Gasteiger partial charge in [-0.25, -0.2) is 18.4 Å². The molecule has 1 saturated heterocycles. The first-order chi connectivity index (χ1) is 16.3. The lowest BCUT2D eigenvalue weighted by atomic mass is 9.98. The second-order valence-electron chi connectivity index (χ2n) is 8.99. The molecule has 2 aromatic rings. The number of likely N-dealkylation sites (tertiary alicyclic amines) is 1. The highest BCUT2D eigenvalue weighted by Gasteiger charge is 2.72. The average molecular weight is 470 g/mol. The van der Waals surface area contributed by atoms with E-state index in [1.54, 1.807) is 0 Å². The third kappa shape index (κ3) is 3.69. The number of benzene rings is 2. The van der Waals surface area contributed by atoms with Gasteiger partial charge in [0.05, 0.1) is 5.92 Å². The predicted octanol–water partition coefficient (Wildman–Crippen LogP) is 3.48. The van der Waals surface area contributed by atoms with E-state index >= 15 is 0 Å². The Morgan fingerprint density at radius 3 is 2.29 bits per heavy atom. The summed E-state index contributed by atoms with van der Waals surface area (Å²) in [5.74, 6) is -8.51. The maximum absolute atomic E-state index is 14.3. The number of carboxylic acid groups (broad SMARTS) is 1. The Morgan fingerprint density at radius 2 is 1.68 bits per heavy atom.